The minimum atomic E-state index is 0.0757. The van der Waals surface area contributed by atoms with E-state index in [1.54, 1.807) is 0 Å². The molecule has 2 aliphatic carbocycles. The maximum Gasteiger partial charge on any atom is 0.298 e. The van der Waals surface area contributed by atoms with Gasteiger partial charge in [-0.25, -0.2) is 0 Å². The molecule has 3 aliphatic rings. The molecular formula is C16H23NO. The van der Waals surface area contributed by atoms with Crippen LogP contribution in [0.1, 0.15) is 46.0 Å². The SMILES string of the molecule is CC(C)C1CC2(CCN(C(=O)C#CC3CC3)C2)C1. The Kier molecular flexibility index (Phi) is 2.88. The summed E-state index contributed by atoms with van der Waals surface area (Å²) in [6.45, 7) is 6.53. The molecule has 0 N–H and O–H groups in total. The fourth-order valence-electron chi connectivity index (χ4n) is 3.44. The fraction of sp³-hybridized carbons (Fsp3) is 0.812. The van der Waals surface area contributed by atoms with Gasteiger partial charge >= 0.3 is 0 Å². The quantitative estimate of drug-likeness (QED) is 0.650. The first-order valence-electron chi connectivity index (χ1n) is 7.38. The molecule has 2 saturated carbocycles. The van der Waals surface area contributed by atoms with Gasteiger partial charge < -0.3 is 4.90 Å². The van der Waals surface area contributed by atoms with Crippen LogP contribution >= 0.6 is 0 Å². The molecule has 2 heteroatoms. The lowest BCUT2D eigenvalue weighted by molar-refractivity contribution is -0.125. The lowest BCUT2D eigenvalue weighted by Gasteiger charge is -2.47. The topological polar surface area (TPSA) is 20.3 Å². The summed E-state index contributed by atoms with van der Waals surface area (Å²) in [6, 6.07) is 0. The minimum Gasteiger partial charge on any atom is -0.331 e. The number of carbonyl (C=O) groups excluding carboxylic acids is 1. The van der Waals surface area contributed by atoms with Gasteiger partial charge in [0.15, 0.2) is 0 Å². The lowest BCUT2D eigenvalue weighted by Crippen LogP contribution is -2.42. The second-order valence-corrected chi connectivity index (χ2v) is 6.93. The molecule has 0 aromatic carbocycles. The number of hydrogen-bond donors (Lipinski definition) is 0. The summed E-state index contributed by atoms with van der Waals surface area (Å²) in [6.07, 6.45) is 6.24. The van der Waals surface area contributed by atoms with E-state index in [1.807, 2.05) is 4.90 Å². The highest BCUT2D eigenvalue weighted by atomic mass is 16.2. The average molecular weight is 245 g/mol. The van der Waals surface area contributed by atoms with Crippen molar-refractivity contribution in [2.24, 2.45) is 23.2 Å². The van der Waals surface area contributed by atoms with Gasteiger partial charge in [0.25, 0.3) is 5.91 Å². The van der Waals surface area contributed by atoms with Crippen molar-refractivity contribution in [1.82, 2.24) is 4.90 Å². The van der Waals surface area contributed by atoms with Gasteiger partial charge in [0.2, 0.25) is 0 Å². The molecule has 0 unspecified atom stereocenters. The van der Waals surface area contributed by atoms with Crippen molar-refractivity contribution in [3.05, 3.63) is 0 Å². The molecule has 1 saturated heterocycles. The zero-order valence-corrected chi connectivity index (χ0v) is 11.5. The Hall–Kier alpha value is -0.970. The molecule has 0 aromatic heterocycles. The van der Waals surface area contributed by atoms with Crippen LogP contribution in [-0.2, 0) is 4.79 Å². The van der Waals surface area contributed by atoms with Crippen LogP contribution in [0.2, 0.25) is 0 Å². The molecule has 98 valence electrons. The zero-order chi connectivity index (χ0) is 12.8. The Morgan fingerprint density at radius 2 is 2.06 bits per heavy atom. The van der Waals surface area contributed by atoms with Crippen molar-refractivity contribution in [3.8, 4) is 11.8 Å². The van der Waals surface area contributed by atoms with Crippen molar-refractivity contribution in [3.63, 3.8) is 0 Å². The van der Waals surface area contributed by atoms with E-state index < -0.39 is 0 Å². The molecule has 3 fully saturated rings. The summed E-state index contributed by atoms with van der Waals surface area (Å²) in [4.78, 5) is 14.0. The van der Waals surface area contributed by atoms with E-state index in [0.29, 0.717) is 11.3 Å². The Labute approximate surface area is 110 Å². The van der Waals surface area contributed by atoms with Crippen LogP contribution in [0.25, 0.3) is 0 Å². The van der Waals surface area contributed by atoms with Crippen LogP contribution in [0.3, 0.4) is 0 Å². The van der Waals surface area contributed by atoms with Gasteiger partial charge in [0, 0.05) is 19.0 Å². The second kappa shape index (κ2) is 4.30. The first kappa shape index (κ1) is 12.1. The minimum absolute atomic E-state index is 0.0757. The summed E-state index contributed by atoms with van der Waals surface area (Å²) >= 11 is 0. The van der Waals surface area contributed by atoms with E-state index in [0.717, 1.165) is 24.9 Å². The lowest BCUT2D eigenvalue weighted by atomic mass is 9.58. The summed E-state index contributed by atoms with van der Waals surface area (Å²) in [7, 11) is 0. The van der Waals surface area contributed by atoms with Crippen molar-refractivity contribution in [1.29, 1.82) is 0 Å². The van der Waals surface area contributed by atoms with Gasteiger partial charge in [0.05, 0.1) is 0 Å². The third-order valence-electron chi connectivity index (χ3n) is 5.02. The molecule has 0 radical (unpaired) electrons. The van der Waals surface area contributed by atoms with Crippen molar-refractivity contribution in [2.45, 2.75) is 46.0 Å². The van der Waals surface area contributed by atoms with Gasteiger partial charge in [-0.2, -0.15) is 0 Å². The van der Waals surface area contributed by atoms with E-state index in [1.165, 1.54) is 32.1 Å². The normalized spacial score (nSPS) is 34.4. The summed E-state index contributed by atoms with van der Waals surface area (Å²) in [5.41, 5.74) is 0.464. The van der Waals surface area contributed by atoms with Crippen LogP contribution in [0.5, 0.6) is 0 Å². The Bertz CT molecular complexity index is 405. The van der Waals surface area contributed by atoms with Crippen molar-refractivity contribution in [2.75, 3.05) is 13.1 Å². The number of nitrogens with zero attached hydrogens (tertiary/aromatic N) is 1. The molecule has 0 atom stereocenters. The molecule has 0 bridgehead atoms. The molecule has 1 aliphatic heterocycles. The van der Waals surface area contributed by atoms with Crippen LogP contribution < -0.4 is 0 Å². The van der Waals surface area contributed by atoms with E-state index in [-0.39, 0.29) is 5.91 Å². The molecule has 1 heterocycles. The predicted molar refractivity (Wildman–Crippen MR) is 71.7 cm³/mol. The molecule has 1 spiro atoms. The largest absolute Gasteiger partial charge is 0.331 e. The van der Waals surface area contributed by atoms with Gasteiger partial charge in [-0.3, -0.25) is 4.79 Å². The number of amides is 1. The van der Waals surface area contributed by atoms with E-state index in [9.17, 15) is 4.79 Å². The fourth-order valence-corrected chi connectivity index (χ4v) is 3.44. The third kappa shape index (κ3) is 2.28. The molecule has 1 amide bonds. The first-order chi connectivity index (χ1) is 8.58. The summed E-state index contributed by atoms with van der Waals surface area (Å²) in [5, 5.41) is 0. The Morgan fingerprint density at radius 1 is 1.33 bits per heavy atom. The molecule has 3 rings (SSSR count). The Morgan fingerprint density at radius 3 is 2.67 bits per heavy atom. The number of likely N-dealkylation sites (tertiary alicyclic amines) is 1. The molecule has 2 nitrogen and oxygen atoms in total. The molecule has 0 aromatic rings. The van der Waals surface area contributed by atoms with Crippen molar-refractivity contribution < 1.29 is 4.79 Å². The van der Waals surface area contributed by atoms with Crippen LogP contribution in [0.4, 0.5) is 0 Å². The van der Waals surface area contributed by atoms with Crippen LogP contribution in [0.15, 0.2) is 0 Å². The molecule has 18 heavy (non-hydrogen) atoms. The standard InChI is InChI=1S/C16H23NO/c1-12(2)14-9-16(10-14)7-8-17(11-16)15(18)6-5-13-3-4-13/h12-14H,3-4,7-11H2,1-2H3. The average Bonchev–Trinajstić information content (AvgIpc) is 2.99. The van der Waals surface area contributed by atoms with Gasteiger partial charge in [0.1, 0.15) is 0 Å². The maximum absolute atomic E-state index is 12.0. The number of hydrogen-bond acceptors (Lipinski definition) is 1. The first-order valence-corrected chi connectivity index (χ1v) is 7.38. The van der Waals surface area contributed by atoms with E-state index in [4.69, 9.17) is 0 Å². The van der Waals surface area contributed by atoms with E-state index >= 15 is 0 Å². The summed E-state index contributed by atoms with van der Waals surface area (Å²) in [5.74, 6) is 8.22. The van der Waals surface area contributed by atoms with E-state index in [2.05, 4.69) is 25.7 Å². The second-order valence-electron chi connectivity index (χ2n) is 6.93. The number of carbonyl (C=O) groups is 1. The zero-order valence-electron chi connectivity index (χ0n) is 11.5. The highest BCUT2D eigenvalue weighted by molar-refractivity contribution is 5.93. The number of rotatable bonds is 1. The van der Waals surface area contributed by atoms with Gasteiger partial charge in [-0.05, 0) is 55.3 Å². The highest BCUT2D eigenvalue weighted by Gasteiger charge is 2.49. The van der Waals surface area contributed by atoms with Gasteiger partial charge in [-0.15, -0.1) is 0 Å². The summed E-state index contributed by atoms with van der Waals surface area (Å²) < 4.78 is 0. The van der Waals surface area contributed by atoms with Gasteiger partial charge in [-0.1, -0.05) is 19.8 Å². The van der Waals surface area contributed by atoms with Crippen molar-refractivity contribution >= 4 is 5.91 Å². The smallest absolute Gasteiger partial charge is 0.298 e. The van der Waals surface area contributed by atoms with Crippen LogP contribution in [-0.4, -0.2) is 23.9 Å². The highest BCUT2D eigenvalue weighted by Crippen LogP contribution is 2.54. The monoisotopic (exact) mass is 245 g/mol. The Balaban J connectivity index is 1.53. The predicted octanol–water partition coefficient (Wildman–Crippen LogP) is 2.68. The third-order valence-corrected chi connectivity index (χ3v) is 5.02. The maximum atomic E-state index is 12.0. The van der Waals surface area contributed by atoms with Crippen LogP contribution in [0, 0.1) is 35.0 Å². The molecular weight excluding hydrogens is 222 g/mol.